The highest BCUT2D eigenvalue weighted by molar-refractivity contribution is 6.13. The molecule has 0 aliphatic heterocycles. The molecule has 0 saturated carbocycles. The number of nitrogens with zero attached hydrogens (tertiary/aromatic N) is 2. The Bertz CT molecular complexity index is 2510. The number of benzene rings is 7. The first-order valence-electron chi connectivity index (χ1n) is 15.5. The summed E-state index contributed by atoms with van der Waals surface area (Å²) in [6, 6.07) is 56.2. The molecule has 9 aromatic rings. The predicted octanol–water partition coefficient (Wildman–Crippen LogP) is 12.1. The van der Waals surface area contributed by atoms with Crippen molar-refractivity contribution in [3.8, 4) is 22.3 Å². The van der Waals surface area contributed by atoms with Crippen molar-refractivity contribution in [2.75, 3.05) is 4.90 Å². The first-order chi connectivity index (χ1) is 22.8. The molecule has 2 aromatic heterocycles. The molecule has 46 heavy (non-hydrogen) atoms. The zero-order valence-corrected chi connectivity index (χ0v) is 25.0. The van der Waals surface area contributed by atoms with E-state index in [1.54, 1.807) is 6.20 Å². The zero-order valence-electron chi connectivity index (χ0n) is 25.0. The maximum absolute atomic E-state index is 6.28. The first kappa shape index (κ1) is 26.2. The minimum atomic E-state index is 0.839. The quantitative estimate of drug-likeness (QED) is 0.187. The summed E-state index contributed by atoms with van der Waals surface area (Å²) in [5, 5.41) is 7.14. The monoisotopic (exact) mass is 588 g/mol. The summed E-state index contributed by atoms with van der Waals surface area (Å²) in [6.45, 7) is 0. The summed E-state index contributed by atoms with van der Waals surface area (Å²) in [4.78, 5) is 6.61. The highest BCUT2D eigenvalue weighted by atomic mass is 16.3. The standard InChI is InChI=1S/C43H28N2O/c1-2-8-29(9-3-1)30-14-18-33(19-15-30)45(35-22-23-39-41-28-44-25-24-42(41)46-43(39)27-35)34-20-16-31(17-21-34)40-26-32-10-4-5-11-36(32)37-12-6-7-13-38(37)40/h1-28H. The number of rotatable bonds is 5. The van der Waals surface area contributed by atoms with E-state index in [2.05, 4.69) is 155 Å². The molecule has 7 aromatic carbocycles. The molecule has 216 valence electrons. The van der Waals surface area contributed by atoms with Crippen molar-refractivity contribution in [1.82, 2.24) is 4.98 Å². The number of hydrogen-bond donors (Lipinski definition) is 0. The van der Waals surface area contributed by atoms with Crippen LogP contribution in [0, 0.1) is 0 Å². The van der Waals surface area contributed by atoms with Crippen LogP contribution in [0.3, 0.4) is 0 Å². The van der Waals surface area contributed by atoms with E-state index >= 15 is 0 Å². The van der Waals surface area contributed by atoms with Crippen molar-refractivity contribution in [3.05, 3.63) is 170 Å². The molecule has 3 nitrogen and oxygen atoms in total. The Morgan fingerprint density at radius 3 is 1.83 bits per heavy atom. The number of furan rings is 1. The van der Waals surface area contributed by atoms with E-state index in [0.29, 0.717) is 0 Å². The van der Waals surface area contributed by atoms with Gasteiger partial charge in [0.2, 0.25) is 0 Å². The van der Waals surface area contributed by atoms with E-state index in [1.165, 1.54) is 43.8 Å². The van der Waals surface area contributed by atoms with Crippen molar-refractivity contribution in [2.24, 2.45) is 0 Å². The maximum atomic E-state index is 6.28. The Hall–Kier alpha value is -6.19. The Morgan fingerprint density at radius 1 is 0.413 bits per heavy atom. The van der Waals surface area contributed by atoms with Gasteiger partial charge in [-0.2, -0.15) is 0 Å². The molecule has 0 aliphatic carbocycles. The largest absolute Gasteiger partial charge is 0.456 e. The van der Waals surface area contributed by atoms with E-state index in [4.69, 9.17) is 4.42 Å². The summed E-state index contributed by atoms with van der Waals surface area (Å²) in [5.74, 6) is 0. The average molecular weight is 589 g/mol. The molecular formula is C43H28N2O. The Morgan fingerprint density at radius 2 is 1.04 bits per heavy atom. The van der Waals surface area contributed by atoms with E-state index in [0.717, 1.165) is 39.0 Å². The second-order valence-electron chi connectivity index (χ2n) is 11.6. The molecule has 0 aliphatic rings. The second kappa shape index (κ2) is 10.8. The second-order valence-corrected chi connectivity index (χ2v) is 11.6. The van der Waals surface area contributed by atoms with Crippen LogP contribution in [-0.4, -0.2) is 4.98 Å². The molecule has 0 spiro atoms. The van der Waals surface area contributed by atoms with Gasteiger partial charge in [-0.15, -0.1) is 0 Å². The van der Waals surface area contributed by atoms with Gasteiger partial charge in [0.25, 0.3) is 0 Å². The van der Waals surface area contributed by atoms with Gasteiger partial charge in [0.1, 0.15) is 11.2 Å². The molecule has 2 heterocycles. The van der Waals surface area contributed by atoms with Gasteiger partial charge >= 0.3 is 0 Å². The molecule has 0 unspecified atom stereocenters. The smallest absolute Gasteiger partial charge is 0.138 e. The summed E-state index contributed by atoms with van der Waals surface area (Å²) in [5.41, 5.74) is 9.64. The topological polar surface area (TPSA) is 29.3 Å². The van der Waals surface area contributed by atoms with E-state index in [-0.39, 0.29) is 0 Å². The van der Waals surface area contributed by atoms with E-state index in [9.17, 15) is 0 Å². The number of pyridine rings is 1. The third kappa shape index (κ3) is 4.41. The van der Waals surface area contributed by atoms with Gasteiger partial charge in [-0.3, -0.25) is 4.98 Å². The van der Waals surface area contributed by atoms with Crippen LogP contribution in [0.4, 0.5) is 17.1 Å². The molecule has 0 atom stereocenters. The first-order valence-corrected chi connectivity index (χ1v) is 15.5. The van der Waals surface area contributed by atoms with Gasteiger partial charge in [-0.25, -0.2) is 0 Å². The fourth-order valence-corrected chi connectivity index (χ4v) is 6.71. The predicted molar refractivity (Wildman–Crippen MR) is 192 cm³/mol. The molecule has 0 saturated heterocycles. The van der Waals surface area contributed by atoms with E-state index in [1.807, 2.05) is 18.3 Å². The van der Waals surface area contributed by atoms with Crippen molar-refractivity contribution in [2.45, 2.75) is 0 Å². The van der Waals surface area contributed by atoms with Crippen molar-refractivity contribution < 1.29 is 4.42 Å². The Labute approximate surface area is 266 Å². The Kier molecular flexibility index (Phi) is 6.14. The van der Waals surface area contributed by atoms with Crippen LogP contribution in [0.2, 0.25) is 0 Å². The number of anilines is 3. The van der Waals surface area contributed by atoms with Crippen LogP contribution < -0.4 is 4.90 Å². The van der Waals surface area contributed by atoms with Gasteiger partial charge in [-0.1, -0.05) is 103 Å². The number of aromatic nitrogens is 1. The van der Waals surface area contributed by atoms with E-state index < -0.39 is 0 Å². The van der Waals surface area contributed by atoms with Crippen LogP contribution in [0.15, 0.2) is 175 Å². The molecule has 9 rings (SSSR count). The highest BCUT2D eigenvalue weighted by Gasteiger charge is 2.17. The third-order valence-electron chi connectivity index (χ3n) is 8.95. The molecule has 0 amide bonds. The number of hydrogen-bond acceptors (Lipinski definition) is 3. The van der Waals surface area contributed by atoms with Crippen LogP contribution in [0.5, 0.6) is 0 Å². The van der Waals surface area contributed by atoms with Crippen LogP contribution >= 0.6 is 0 Å². The summed E-state index contributed by atoms with van der Waals surface area (Å²) >= 11 is 0. The zero-order chi connectivity index (χ0) is 30.5. The summed E-state index contributed by atoms with van der Waals surface area (Å²) in [6.07, 6.45) is 3.64. The third-order valence-corrected chi connectivity index (χ3v) is 8.95. The highest BCUT2D eigenvalue weighted by Crippen LogP contribution is 2.41. The van der Waals surface area contributed by atoms with Gasteiger partial charge < -0.3 is 9.32 Å². The van der Waals surface area contributed by atoms with Gasteiger partial charge in [0.15, 0.2) is 0 Å². The lowest BCUT2D eigenvalue weighted by Crippen LogP contribution is -2.09. The normalized spacial score (nSPS) is 11.5. The average Bonchev–Trinajstić information content (AvgIpc) is 3.50. The lowest BCUT2D eigenvalue weighted by atomic mass is 9.93. The lowest BCUT2D eigenvalue weighted by Gasteiger charge is -2.26. The molecule has 0 fully saturated rings. The van der Waals surface area contributed by atoms with Crippen molar-refractivity contribution >= 4 is 60.5 Å². The minimum absolute atomic E-state index is 0.839. The molecule has 0 bridgehead atoms. The van der Waals surface area contributed by atoms with Crippen LogP contribution in [0.25, 0.3) is 65.7 Å². The Balaban J connectivity index is 1.18. The number of fused-ring (bicyclic) bond motifs is 6. The summed E-state index contributed by atoms with van der Waals surface area (Å²) in [7, 11) is 0. The molecule has 0 radical (unpaired) electrons. The van der Waals surface area contributed by atoms with Crippen LogP contribution in [-0.2, 0) is 0 Å². The minimum Gasteiger partial charge on any atom is -0.456 e. The van der Waals surface area contributed by atoms with Gasteiger partial charge in [0, 0.05) is 46.3 Å². The van der Waals surface area contributed by atoms with Crippen LogP contribution in [0.1, 0.15) is 0 Å². The molecular weight excluding hydrogens is 560 g/mol. The van der Waals surface area contributed by atoms with Crippen molar-refractivity contribution in [3.63, 3.8) is 0 Å². The molecule has 0 N–H and O–H groups in total. The van der Waals surface area contributed by atoms with Gasteiger partial charge in [0.05, 0.1) is 0 Å². The fourth-order valence-electron chi connectivity index (χ4n) is 6.71. The maximum Gasteiger partial charge on any atom is 0.138 e. The van der Waals surface area contributed by atoms with Gasteiger partial charge in [-0.05, 0) is 92.3 Å². The summed E-state index contributed by atoms with van der Waals surface area (Å²) < 4.78 is 6.28. The fraction of sp³-hybridized carbons (Fsp3) is 0. The molecule has 3 heteroatoms. The van der Waals surface area contributed by atoms with Crippen molar-refractivity contribution in [1.29, 1.82) is 0 Å². The SMILES string of the molecule is c1ccc(-c2ccc(N(c3ccc(-c4cc5ccccc5c5ccccc45)cc3)c3ccc4c(c3)oc3ccncc34)cc2)cc1. The lowest BCUT2D eigenvalue weighted by molar-refractivity contribution is 0.668.